The molecule has 0 spiro atoms. The third-order valence-corrected chi connectivity index (χ3v) is 3.01. The Hall–Kier alpha value is -1.70. The average Bonchev–Trinajstić information content (AvgIpc) is 2.38. The van der Waals surface area contributed by atoms with Crippen LogP contribution in [-0.2, 0) is 4.79 Å². The van der Waals surface area contributed by atoms with E-state index in [2.05, 4.69) is 20.9 Å². The van der Waals surface area contributed by atoms with Gasteiger partial charge in [-0.3, -0.25) is 0 Å². The van der Waals surface area contributed by atoms with Crippen LogP contribution in [0.4, 0.5) is 0 Å². The first-order valence-corrected chi connectivity index (χ1v) is 5.98. The maximum atomic E-state index is 10.5. The fraction of sp³-hybridized carbons (Fsp3) is 0.0714. The van der Waals surface area contributed by atoms with Crippen LogP contribution in [0.3, 0.4) is 0 Å². The summed E-state index contributed by atoms with van der Waals surface area (Å²) in [5.41, 5.74) is 1.96. The number of hydrogen-bond donors (Lipinski definition) is 0. The van der Waals surface area contributed by atoms with Crippen LogP contribution in [0.5, 0.6) is 0 Å². The van der Waals surface area contributed by atoms with Crippen LogP contribution in [0.2, 0.25) is 0 Å². The van der Waals surface area contributed by atoms with Gasteiger partial charge in [0.2, 0.25) is 6.08 Å². The summed E-state index contributed by atoms with van der Waals surface area (Å²) in [7, 11) is 0. The van der Waals surface area contributed by atoms with Gasteiger partial charge in [-0.25, -0.2) is 4.79 Å². The number of benzene rings is 2. The third-order valence-electron chi connectivity index (χ3n) is 2.48. The highest BCUT2D eigenvalue weighted by Gasteiger charge is 2.11. The molecule has 0 saturated heterocycles. The molecule has 0 bridgehead atoms. The SMILES string of the molecule is O=C=NC(c1ccccc1)c1ccc(Br)cc1. The molecule has 0 amide bonds. The number of halogens is 1. The second kappa shape index (κ2) is 5.58. The second-order valence-corrected chi connectivity index (χ2v) is 4.50. The lowest BCUT2D eigenvalue weighted by Gasteiger charge is -2.11. The van der Waals surface area contributed by atoms with E-state index >= 15 is 0 Å². The highest BCUT2D eigenvalue weighted by Crippen LogP contribution is 2.26. The first-order chi connectivity index (χ1) is 8.31. The Balaban J connectivity index is 2.42. The van der Waals surface area contributed by atoms with E-state index in [0.29, 0.717) is 0 Å². The quantitative estimate of drug-likeness (QED) is 0.622. The van der Waals surface area contributed by atoms with Crippen LogP contribution >= 0.6 is 15.9 Å². The Morgan fingerprint density at radius 1 is 0.941 bits per heavy atom. The lowest BCUT2D eigenvalue weighted by Crippen LogP contribution is -1.97. The summed E-state index contributed by atoms with van der Waals surface area (Å²) in [5.74, 6) is 0. The zero-order valence-electron chi connectivity index (χ0n) is 9.01. The van der Waals surface area contributed by atoms with Crippen molar-refractivity contribution in [3.63, 3.8) is 0 Å². The Bertz CT molecular complexity index is 530. The summed E-state index contributed by atoms with van der Waals surface area (Å²) in [4.78, 5) is 14.4. The molecule has 2 aromatic carbocycles. The molecule has 0 aliphatic carbocycles. The maximum absolute atomic E-state index is 10.5. The molecule has 0 radical (unpaired) electrons. The van der Waals surface area contributed by atoms with Gasteiger partial charge < -0.3 is 0 Å². The van der Waals surface area contributed by atoms with Crippen molar-refractivity contribution in [2.75, 3.05) is 0 Å². The van der Waals surface area contributed by atoms with Gasteiger partial charge in [0, 0.05) is 4.47 Å². The largest absolute Gasteiger partial charge is 0.235 e. The minimum atomic E-state index is -0.276. The van der Waals surface area contributed by atoms with Gasteiger partial charge in [-0.2, -0.15) is 4.99 Å². The summed E-state index contributed by atoms with van der Waals surface area (Å²) in [6.07, 6.45) is 1.64. The van der Waals surface area contributed by atoms with Crippen molar-refractivity contribution < 1.29 is 4.79 Å². The monoisotopic (exact) mass is 287 g/mol. The molecule has 2 nitrogen and oxygen atoms in total. The van der Waals surface area contributed by atoms with E-state index in [1.807, 2.05) is 54.6 Å². The van der Waals surface area contributed by atoms with Crippen molar-refractivity contribution in [3.8, 4) is 0 Å². The molecule has 17 heavy (non-hydrogen) atoms. The predicted octanol–water partition coefficient (Wildman–Crippen LogP) is 3.87. The van der Waals surface area contributed by atoms with Crippen molar-refractivity contribution in [1.29, 1.82) is 0 Å². The van der Waals surface area contributed by atoms with E-state index in [1.165, 1.54) is 0 Å². The highest BCUT2D eigenvalue weighted by atomic mass is 79.9. The van der Waals surface area contributed by atoms with E-state index < -0.39 is 0 Å². The predicted molar refractivity (Wildman–Crippen MR) is 70.5 cm³/mol. The van der Waals surface area contributed by atoms with Gasteiger partial charge in [0.05, 0.1) is 0 Å². The molecule has 2 aromatic rings. The first-order valence-electron chi connectivity index (χ1n) is 5.18. The molecule has 0 N–H and O–H groups in total. The number of nitrogens with zero attached hydrogens (tertiary/aromatic N) is 1. The molecule has 0 fully saturated rings. The van der Waals surface area contributed by atoms with E-state index in [4.69, 9.17) is 0 Å². The Morgan fingerprint density at radius 3 is 2.12 bits per heavy atom. The molecular weight excluding hydrogens is 278 g/mol. The molecule has 1 atom stereocenters. The highest BCUT2D eigenvalue weighted by molar-refractivity contribution is 9.10. The zero-order chi connectivity index (χ0) is 12.1. The number of rotatable bonds is 3. The van der Waals surface area contributed by atoms with E-state index in [1.54, 1.807) is 6.08 Å². The van der Waals surface area contributed by atoms with E-state index in [0.717, 1.165) is 15.6 Å². The first kappa shape index (κ1) is 11.8. The number of isocyanates is 1. The maximum Gasteiger partial charge on any atom is 0.235 e. The van der Waals surface area contributed by atoms with Gasteiger partial charge in [-0.05, 0) is 23.3 Å². The summed E-state index contributed by atoms with van der Waals surface area (Å²) < 4.78 is 1.00. The minimum Gasteiger partial charge on any atom is -0.211 e. The summed E-state index contributed by atoms with van der Waals surface area (Å²) >= 11 is 3.38. The molecule has 0 aromatic heterocycles. The van der Waals surface area contributed by atoms with Crippen molar-refractivity contribution in [2.24, 2.45) is 4.99 Å². The fourth-order valence-electron chi connectivity index (χ4n) is 1.67. The van der Waals surface area contributed by atoms with Crippen LogP contribution in [0.25, 0.3) is 0 Å². The van der Waals surface area contributed by atoms with Crippen molar-refractivity contribution in [1.82, 2.24) is 0 Å². The van der Waals surface area contributed by atoms with Crippen molar-refractivity contribution in [2.45, 2.75) is 6.04 Å². The van der Waals surface area contributed by atoms with E-state index in [9.17, 15) is 4.79 Å². The smallest absolute Gasteiger partial charge is 0.211 e. The molecule has 84 valence electrons. The zero-order valence-corrected chi connectivity index (χ0v) is 10.6. The van der Waals surface area contributed by atoms with Gasteiger partial charge in [0.15, 0.2) is 0 Å². The number of aliphatic imine (C=N–C) groups is 1. The Morgan fingerprint density at radius 2 is 1.53 bits per heavy atom. The van der Waals surface area contributed by atoms with Crippen molar-refractivity contribution >= 4 is 22.0 Å². The summed E-state index contributed by atoms with van der Waals surface area (Å²) in [5, 5.41) is 0. The van der Waals surface area contributed by atoms with Gasteiger partial charge >= 0.3 is 0 Å². The van der Waals surface area contributed by atoms with Crippen LogP contribution in [0, 0.1) is 0 Å². The van der Waals surface area contributed by atoms with Crippen LogP contribution in [0.1, 0.15) is 17.2 Å². The molecule has 2 rings (SSSR count). The third kappa shape index (κ3) is 2.90. The minimum absolute atomic E-state index is 0.276. The normalized spacial score (nSPS) is 11.6. The molecule has 1 unspecified atom stereocenters. The second-order valence-electron chi connectivity index (χ2n) is 3.59. The van der Waals surface area contributed by atoms with Gasteiger partial charge in [-0.1, -0.05) is 58.4 Å². The van der Waals surface area contributed by atoms with Gasteiger partial charge in [-0.15, -0.1) is 0 Å². The molecule has 0 aliphatic heterocycles. The van der Waals surface area contributed by atoms with Crippen LogP contribution < -0.4 is 0 Å². The Kier molecular flexibility index (Phi) is 3.86. The lowest BCUT2D eigenvalue weighted by atomic mass is 10.00. The summed E-state index contributed by atoms with van der Waals surface area (Å²) in [6, 6.07) is 17.2. The molecule has 0 aliphatic rings. The van der Waals surface area contributed by atoms with Crippen LogP contribution in [-0.4, -0.2) is 6.08 Å². The fourth-order valence-corrected chi connectivity index (χ4v) is 1.94. The average molecular weight is 288 g/mol. The number of hydrogen-bond acceptors (Lipinski definition) is 2. The van der Waals surface area contributed by atoms with Gasteiger partial charge in [0.25, 0.3) is 0 Å². The molecular formula is C14H10BrNO. The standard InChI is InChI=1S/C14H10BrNO/c15-13-8-6-12(7-9-13)14(16-10-17)11-4-2-1-3-5-11/h1-9,14H. The lowest BCUT2D eigenvalue weighted by molar-refractivity contribution is 0.560. The molecule has 0 heterocycles. The van der Waals surface area contributed by atoms with Crippen LogP contribution in [0.15, 0.2) is 64.1 Å². The number of carbonyl (C=O) groups excluding carboxylic acids is 1. The van der Waals surface area contributed by atoms with Crippen molar-refractivity contribution in [3.05, 3.63) is 70.2 Å². The Labute approximate surface area is 108 Å². The topological polar surface area (TPSA) is 29.4 Å². The molecule has 0 saturated carbocycles. The van der Waals surface area contributed by atoms with Gasteiger partial charge in [0.1, 0.15) is 6.04 Å². The molecule has 3 heteroatoms. The summed E-state index contributed by atoms with van der Waals surface area (Å²) in [6.45, 7) is 0. The van der Waals surface area contributed by atoms with E-state index in [-0.39, 0.29) is 6.04 Å².